The Balaban J connectivity index is 1.86. The van der Waals surface area contributed by atoms with Crippen molar-refractivity contribution < 1.29 is 13.6 Å². The largest absolute Gasteiger partial charge is 0.302 e. The smallest absolute Gasteiger partial charge is 0.191 e. The van der Waals surface area contributed by atoms with Gasteiger partial charge in [0.2, 0.25) is 0 Å². The Hall–Kier alpha value is -2.54. The van der Waals surface area contributed by atoms with E-state index in [0.717, 1.165) is 0 Å². The Morgan fingerprint density at radius 1 is 1.04 bits per heavy atom. The average Bonchev–Trinajstić information content (AvgIpc) is 3.02. The van der Waals surface area contributed by atoms with Gasteiger partial charge in [-0.3, -0.25) is 4.79 Å². The van der Waals surface area contributed by atoms with Crippen molar-refractivity contribution >= 4 is 17.5 Å². The van der Waals surface area contributed by atoms with Gasteiger partial charge in [0.1, 0.15) is 11.6 Å². The lowest BCUT2D eigenvalue weighted by molar-refractivity contribution is 0.101. The number of halogens is 2. The molecule has 3 aromatic rings. The van der Waals surface area contributed by atoms with E-state index in [2.05, 4.69) is 10.2 Å². The van der Waals surface area contributed by atoms with Crippen molar-refractivity contribution in [1.82, 2.24) is 14.8 Å². The number of hydrogen-bond donors (Lipinski definition) is 0. The molecule has 0 unspecified atom stereocenters. The summed E-state index contributed by atoms with van der Waals surface area (Å²) in [5, 5.41) is 8.78. The van der Waals surface area contributed by atoms with Crippen LogP contribution < -0.4 is 0 Å². The molecule has 0 saturated heterocycles. The summed E-state index contributed by atoms with van der Waals surface area (Å²) in [5.74, 6) is -0.540. The molecule has 0 N–H and O–H groups in total. The molecule has 0 bridgehead atoms. The second-order valence-electron chi connectivity index (χ2n) is 6.48. The molecule has 2 aromatic carbocycles. The third-order valence-corrected chi connectivity index (χ3v) is 4.85. The molecule has 4 nitrogen and oxygen atoms in total. The fraction of sp³-hybridized carbons (Fsp3) is 0.250. The number of thioether (sulfide) groups is 1. The molecular weight excluding hydrogens is 368 g/mol. The van der Waals surface area contributed by atoms with Gasteiger partial charge in [0.25, 0.3) is 0 Å². The van der Waals surface area contributed by atoms with E-state index in [1.54, 1.807) is 30.3 Å². The molecule has 0 saturated carbocycles. The van der Waals surface area contributed by atoms with Gasteiger partial charge in [0.05, 0.1) is 16.9 Å². The number of carbonyl (C=O) groups is 1. The standard InChI is InChI=1S/C20H19F2N3OS/c1-13(2)11-25-19(15-8-4-6-10-17(15)22)23-24-20(25)27-12-18(26)14-7-3-5-9-16(14)21/h3-10,13H,11-12H2,1-2H3. The molecule has 0 aliphatic rings. The zero-order valence-corrected chi connectivity index (χ0v) is 15.8. The van der Waals surface area contributed by atoms with Crippen LogP contribution in [0.25, 0.3) is 11.4 Å². The van der Waals surface area contributed by atoms with Gasteiger partial charge in [-0.25, -0.2) is 8.78 Å². The minimum absolute atomic E-state index is 0.0223. The predicted octanol–water partition coefficient (Wildman–Crippen LogP) is 4.85. The monoisotopic (exact) mass is 387 g/mol. The first-order valence-corrected chi connectivity index (χ1v) is 9.54. The summed E-state index contributed by atoms with van der Waals surface area (Å²) in [7, 11) is 0. The minimum atomic E-state index is -0.543. The number of aromatic nitrogens is 3. The van der Waals surface area contributed by atoms with Gasteiger partial charge in [-0.2, -0.15) is 0 Å². The zero-order chi connectivity index (χ0) is 19.4. The van der Waals surface area contributed by atoms with E-state index in [1.807, 2.05) is 18.4 Å². The molecule has 3 rings (SSSR count). The Kier molecular flexibility index (Phi) is 6.01. The van der Waals surface area contributed by atoms with Crippen LogP contribution in [0.2, 0.25) is 0 Å². The lowest BCUT2D eigenvalue weighted by Gasteiger charge is -2.12. The number of carbonyl (C=O) groups excluding carboxylic acids is 1. The highest BCUT2D eigenvalue weighted by Crippen LogP contribution is 2.27. The number of rotatable bonds is 7. The third-order valence-electron chi connectivity index (χ3n) is 3.89. The second-order valence-corrected chi connectivity index (χ2v) is 7.42. The molecule has 0 fully saturated rings. The normalized spacial score (nSPS) is 11.1. The van der Waals surface area contributed by atoms with Gasteiger partial charge >= 0.3 is 0 Å². The average molecular weight is 387 g/mol. The fourth-order valence-corrected chi connectivity index (χ4v) is 3.49. The van der Waals surface area contributed by atoms with Crippen LogP contribution in [0.4, 0.5) is 8.78 Å². The molecule has 0 aliphatic carbocycles. The van der Waals surface area contributed by atoms with Crippen molar-refractivity contribution in [1.29, 1.82) is 0 Å². The van der Waals surface area contributed by atoms with E-state index in [-0.39, 0.29) is 28.8 Å². The van der Waals surface area contributed by atoms with Crippen LogP contribution in [0.1, 0.15) is 24.2 Å². The molecule has 27 heavy (non-hydrogen) atoms. The van der Waals surface area contributed by atoms with Crippen LogP contribution in [0, 0.1) is 17.6 Å². The van der Waals surface area contributed by atoms with Gasteiger partial charge in [-0.15, -0.1) is 10.2 Å². The summed E-state index contributed by atoms with van der Waals surface area (Å²) >= 11 is 1.17. The van der Waals surface area contributed by atoms with E-state index in [1.165, 1.54) is 30.0 Å². The van der Waals surface area contributed by atoms with Crippen molar-refractivity contribution in [3.05, 3.63) is 65.7 Å². The number of benzene rings is 2. The molecule has 0 amide bonds. The highest BCUT2D eigenvalue weighted by Gasteiger charge is 2.19. The number of hydrogen-bond acceptors (Lipinski definition) is 4. The molecule has 0 spiro atoms. The van der Waals surface area contributed by atoms with E-state index in [4.69, 9.17) is 0 Å². The lowest BCUT2D eigenvalue weighted by Crippen LogP contribution is -2.10. The van der Waals surface area contributed by atoms with Crippen LogP contribution in [-0.4, -0.2) is 26.3 Å². The van der Waals surface area contributed by atoms with Crippen molar-refractivity contribution in [2.75, 3.05) is 5.75 Å². The maximum absolute atomic E-state index is 14.2. The Morgan fingerprint density at radius 2 is 1.70 bits per heavy atom. The molecule has 0 aliphatic heterocycles. The molecule has 0 atom stereocenters. The quantitative estimate of drug-likeness (QED) is 0.429. The van der Waals surface area contributed by atoms with Crippen LogP contribution in [-0.2, 0) is 6.54 Å². The Morgan fingerprint density at radius 3 is 2.37 bits per heavy atom. The first-order chi connectivity index (χ1) is 13.0. The molecule has 140 valence electrons. The van der Waals surface area contributed by atoms with E-state index < -0.39 is 5.82 Å². The van der Waals surface area contributed by atoms with Crippen molar-refractivity contribution in [3.63, 3.8) is 0 Å². The highest BCUT2D eigenvalue weighted by atomic mass is 32.2. The first kappa shape index (κ1) is 19.2. The second kappa shape index (κ2) is 8.43. The number of nitrogens with zero attached hydrogens (tertiary/aromatic N) is 3. The van der Waals surface area contributed by atoms with Crippen LogP contribution in [0.3, 0.4) is 0 Å². The Labute approximate surface area is 160 Å². The van der Waals surface area contributed by atoms with Crippen molar-refractivity contribution in [3.8, 4) is 11.4 Å². The minimum Gasteiger partial charge on any atom is -0.302 e. The topological polar surface area (TPSA) is 47.8 Å². The first-order valence-electron chi connectivity index (χ1n) is 8.56. The van der Waals surface area contributed by atoms with E-state index in [0.29, 0.717) is 23.1 Å². The van der Waals surface area contributed by atoms with Crippen molar-refractivity contribution in [2.24, 2.45) is 5.92 Å². The third kappa shape index (κ3) is 4.42. The summed E-state index contributed by atoms with van der Waals surface area (Å²) in [6.07, 6.45) is 0. The summed E-state index contributed by atoms with van der Waals surface area (Å²) in [4.78, 5) is 12.3. The summed E-state index contributed by atoms with van der Waals surface area (Å²) < 4.78 is 29.8. The van der Waals surface area contributed by atoms with Crippen molar-refractivity contribution in [2.45, 2.75) is 25.5 Å². The Bertz CT molecular complexity index is 956. The molecular formula is C20H19F2N3OS. The van der Waals surface area contributed by atoms with Gasteiger partial charge in [0.15, 0.2) is 16.8 Å². The fourth-order valence-electron chi connectivity index (χ4n) is 2.66. The number of Topliss-reactive ketones (excluding diaryl/α,β-unsaturated/α-hetero) is 1. The van der Waals surface area contributed by atoms with Crippen LogP contribution in [0.15, 0.2) is 53.7 Å². The van der Waals surface area contributed by atoms with E-state index in [9.17, 15) is 13.6 Å². The van der Waals surface area contributed by atoms with Crippen LogP contribution >= 0.6 is 11.8 Å². The van der Waals surface area contributed by atoms with Gasteiger partial charge in [0, 0.05) is 6.54 Å². The van der Waals surface area contributed by atoms with Crippen LogP contribution in [0.5, 0.6) is 0 Å². The lowest BCUT2D eigenvalue weighted by atomic mass is 10.1. The summed E-state index contributed by atoms with van der Waals surface area (Å²) in [6, 6.07) is 12.3. The number of ketones is 1. The maximum Gasteiger partial charge on any atom is 0.191 e. The molecule has 1 heterocycles. The maximum atomic E-state index is 14.2. The summed E-state index contributed by atoms with van der Waals surface area (Å²) in [6.45, 7) is 4.64. The molecule has 7 heteroatoms. The van der Waals surface area contributed by atoms with E-state index >= 15 is 0 Å². The van der Waals surface area contributed by atoms with Gasteiger partial charge in [-0.05, 0) is 30.2 Å². The zero-order valence-electron chi connectivity index (χ0n) is 15.0. The van der Waals surface area contributed by atoms with Gasteiger partial charge < -0.3 is 4.57 Å². The molecule has 0 radical (unpaired) electrons. The predicted molar refractivity (Wildman–Crippen MR) is 102 cm³/mol. The highest BCUT2D eigenvalue weighted by molar-refractivity contribution is 7.99. The SMILES string of the molecule is CC(C)Cn1c(SCC(=O)c2ccccc2F)nnc1-c1ccccc1F. The molecule has 1 aromatic heterocycles. The van der Waals surface area contributed by atoms with Gasteiger partial charge in [-0.1, -0.05) is 49.9 Å². The summed E-state index contributed by atoms with van der Waals surface area (Å²) in [5.41, 5.74) is 0.409.